The number of nitrogens with two attached hydrogens (primary N) is 1. The van der Waals surface area contributed by atoms with Crippen molar-refractivity contribution in [1.29, 1.82) is 0 Å². The number of rotatable bonds is 4. The highest BCUT2D eigenvalue weighted by atomic mass is 16.2. The molecule has 2 rings (SSSR count). The maximum atomic E-state index is 12.2. The number of carbonyl (C=O) groups excluding carboxylic acids is 1. The Bertz CT molecular complexity index is 589. The van der Waals surface area contributed by atoms with Crippen LogP contribution < -0.4 is 11.1 Å². The summed E-state index contributed by atoms with van der Waals surface area (Å²) >= 11 is 0. The van der Waals surface area contributed by atoms with Gasteiger partial charge in [0.2, 0.25) is 0 Å². The van der Waals surface area contributed by atoms with E-state index in [4.69, 9.17) is 5.73 Å². The van der Waals surface area contributed by atoms with Crippen molar-refractivity contribution in [3.8, 4) is 0 Å². The van der Waals surface area contributed by atoms with Gasteiger partial charge in [-0.05, 0) is 18.4 Å². The van der Waals surface area contributed by atoms with Crippen molar-refractivity contribution in [2.45, 2.75) is 32.7 Å². The van der Waals surface area contributed by atoms with E-state index in [0.29, 0.717) is 5.69 Å². The summed E-state index contributed by atoms with van der Waals surface area (Å²) in [6, 6.07) is 9.67. The number of H-pyrrole nitrogens is 1. The molecule has 0 fully saturated rings. The number of nitrogen functional groups attached to an aromatic ring is 1. The van der Waals surface area contributed by atoms with Crippen molar-refractivity contribution < 1.29 is 4.79 Å². The zero-order valence-corrected chi connectivity index (χ0v) is 12.0. The van der Waals surface area contributed by atoms with Crippen LogP contribution in [0.3, 0.4) is 0 Å². The number of nitrogens with one attached hydrogen (secondary N) is 2. The summed E-state index contributed by atoms with van der Waals surface area (Å²) in [5, 5.41) is 9.76. The lowest BCUT2D eigenvalue weighted by atomic mass is 10.1. The highest BCUT2D eigenvalue weighted by Gasteiger charge is 2.20. The molecule has 0 aliphatic carbocycles. The standard InChI is InChI=1S/C15H20N4O/c1-9(2)13-12(16)14(19-18-13)15(20)17-10(3)11-7-5-4-6-8-11/h4-10H,16H2,1-3H3,(H,17,20)(H,18,19)/t10-/m0/s1. The Morgan fingerprint density at radius 2 is 1.90 bits per heavy atom. The maximum absolute atomic E-state index is 12.2. The van der Waals surface area contributed by atoms with E-state index in [1.165, 1.54) is 0 Å². The lowest BCUT2D eigenvalue weighted by molar-refractivity contribution is 0.0935. The number of amides is 1. The van der Waals surface area contributed by atoms with Crippen LogP contribution >= 0.6 is 0 Å². The fourth-order valence-electron chi connectivity index (χ4n) is 2.07. The van der Waals surface area contributed by atoms with Gasteiger partial charge in [0.1, 0.15) is 0 Å². The van der Waals surface area contributed by atoms with E-state index in [1.807, 2.05) is 51.1 Å². The normalized spacial score (nSPS) is 12.4. The summed E-state index contributed by atoms with van der Waals surface area (Å²) in [7, 11) is 0. The van der Waals surface area contributed by atoms with Crippen molar-refractivity contribution in [3.05, 3.63) is 47.3 Å². The molecule has 5 nitrogen and oxygen atoms in total. The largest absolute Gasteiger partial charge is 0.395 e. The summed E-state index contributed by atoms with van der Waals surface area (Å²) in [6.07, 6.45) is 0. The number of hydrogen-bond acceptors (Lipinski definition) is 3. The lowest BCUT2D eigenvalue weighted by Crippen LogP contribution is -2.27. The number of aromatic nitrogens is 2. The fraction of sp³-hybridized carbons (Fsp3) is 0.333. The Morgan fingerprint density at radius 1 is 1.25 bits per heavy atom. The molecular weight excluding hydrogens is 252 g/mol. The highest BCUT2D eigenvalue weighted by molar-refractivity contribution is 5.97. The zero-order valence-electron chi connectivity index (χ0n) is 12.0. The van der Waals surface area contributed by atoms with Gasteiger partial charge in [-0.15, -0.1) is 0 Å². The van der Waals surface area contributed by atoms with Gasteiger partial charge in [-0.25, -0.2) is 0 Å². The Morgan fingerprint density at radius 3 is 2.45 bits per heavy atom. The first-order valence-corrected chi connectivity index (χ1v) is 6.70. The van der Waals surface area contributed by atoms with Gasteiger partial charge in [0, 0.05) is 0 Å². The zero-order chi connectivity index (χ0) is 14.7. The number of carbonyl (C=O) groups is 1. The average Bonchev–Trinajstić information content (AvgIpc) is 2.81. The van der Waals surface area contributed by atoms with Gasteiger partial charge in [-0.2, -0.15) is 5.10 Å². The number of aromatic amines is 1. The molecule has 1 heterocycles. The Balaban J connectivity index is 2.13. The third kappa shape index (κ3) is 2.82. The SMILES string of the molecule is CC(C)c1[nH]nc(C(=O)N[C@@H](C)c2ccccc2)c1N. The van der Waals surface area contributed by atoms with Crippen molar-refractivity contribution >= 4 is 11.6 Å². The number of benzene rings is 1. The molecule has 1 aromatic carbocycles. The molecule has 0 saturated heterocycles. The van der Waals surface area contributed by atoms with E-state index < -0.39 is 0 Å². The summed E-state index contributed by atoms with van der Waals surface area (Å²) in [4.78, 5) is 12.2. The van der Waals surface area contributed by atoms with Crippen molar-refractivity contribution in [2.75, 3.05) is 5.73 Å². The van der Waals surface area contributed by atoms with Crippen LogP contribution in [0.4, 0.5) is 5.69 Å². The lowest BCUT2D eigenvalue weighted by Gasteiger charge is -2.13. The van der Waals surface area contributed by atoms with E-state index in [0.717, 1.165) is 11.3 Å². The first-order valence-electron chi connectivity index (χ1n) is 6.70. The van der Waals surface area contributed by atoms with Crippen LogP contribution in [0.1, 0.15) is 54.5 Å². The van der Waals surface area contributed by atoms with E-state index in [1.54, 1.807) is 0 Å². The molecule has 1 atom stereocenters. The first kappa shape index (κ1) is 14.1. The quantitative estimate of drug-likeness (QED) is 0.800. The van der Waals surface area contributed by atoms with E-state index in [-0.39, 0.29) is 23.6 Å². The molecule has 0 radical (unpaired) electrons. The van der Waals surface area contributed by atoms with Gasteiger partial charge in [-0.3, -0.25) is 9.89 Å². The third-order valence-electron chi connectivity index (χ3n) is 3.27. The van der Waals surface area contributed by atoms with Crippen LogP contribution in [0.25, 0.3) is 0 Å². The topological polar surface area (TPSA) is 83.8 Å². The van der Waals surface area contributed by atoms with E-state index in [2.05, 4.69) is 15.5 Å². The van der Waals surface area contributed by atoms with Crippen LogP contribution in [-0.2, 0) is 0 Å². The minimum absolute atomic E-state index is 0.0951. The van der Waals surface area contributed by atoms with Gasteiger partial charge >= 0.3 is 0 Å². The van der Waals surface area contributed by atoms with Gasteiger partial charge in [-0.1, -0.05) is 44.2 Å². The Labute approximate surface area is 118 Å². The minimum atomic E-state index is -0.262. The predicted molar refractivity (Wildman–Crippen MR) is 79.4 cm³/mol. The molecule has 1 amide bonds. The van der Waals surface area contributed by atoms with E-state index >= 15 is 0 Å². The van der Waals surface area contributed by atoms with Gasteiger partial charge in [0.05, 0.1) is 17.4 Å². The average molecular weight is 272 g/mol. The van der Waals surface area contributed by atoms with E-state index in [9.17, 15) is 4.79 Å². The van der Waals surface area contributed by atoms with Gasteiger partial charge < -0.3 is 11.1 Å². The first-order chi connectivity index (χ1) is 9.50. The highest BCUT2D eigenvalue weighted by Crippen LogP contribution is 2.22. The summed E-state index contributed by atoms with van der Waals surface area (Å²) in [5.74, 6) is -0.0578. The molecule has 0 aliphatic rings. The monoisotopic (exact) mass is 272 g/mol. The maximum Gasteiger partial charge on any atom is 0.274 e. The molecule has 0 spiro atoms. The molecule has 0 saturated carbocycles. The smallest absolute Gasteiger partial charge is 0.274 e. The molecule has 5 heteroatoms. The van der Waals surface area contributed by atoms with Crippen molar-refractivity contribution in [3.63, 3.8) is 0 Å². The fourth-order valence-corrected chi connectivity index (χ4v) is 2.07. The summed E-state index contributed by atoms with van der Waals surface area (Å²) in [6.45, 7) is 5.93. The van der Waals surface area contributed by atoms with Crippen LogP contribution in [0.5, 0.6) is 0 Å². The second-order valence-corrected chi connectivity index (χ2v) is 5.16. The summed E-state index contributed by atoms with van der Waals surface area (Å²) < 4.78 is 0. The number of hydrogen-bond donors (Lipinski definition) is 3. The molecule has 2 aromatic rings. The Hall–Kier alpha value is -2.30. The molecule has 1 aromatic heterocycles. The predicted octanol–water partition coefficient (Wildman–Crippen LogP) is 2.61. The number of anilines is 1. The molecule has 20 heavy (non-hydrogen) atoms. The second-order valence-electron chi connectivity index (χ2n) is 5.16. The number of nitrogens with zero attached hydrogens (tertiary/aromatic N) is 1. The third-order valence-corrected chi connectivity index (χ3v) is 3.27. The minimum Gasteiger partial charge on any atom is -0.395 e. The van der Waals surface area contributed by atoms with Gasteiger partial charge in [0.15, 0.2) is 5.69 Å². The second kappa shape index (κ2) is 5.77. The molecule has 106 valence electrons. The van der Waals surface area contributed by atoms with Crippen LogP contribution in [0.15, 0.2) is 30.3 Å². The molecule has 0 unspecified atom stereocenters. The van der Waals surface area contributed by atoms with Crippen molar-refractivity contribution in [1.82, 2.24) is 15.5 Å². The molecular formula is C15H20N4O. The van der Waals surface area contributed by atoms with Crippen LogP contribution in [0, 0.1) is 0 Å². The molecule has 4 N–H and O–H groups in total. The molecule has 0 bridgehead atoms. The van der Waals surface area contributed by atoms with Crippen LogP contribution in [-0.4, -0.2) is 16.1 Å². The molecule has 0 aliphatic heterocycles. The van der Waals surface area contributed by atoms with Crippen molar-refractivity contribution in [2.24, 2.45) is 0 Å². The van der Waals surface area contributed by atoms with Crippen LogP contribution in [0.2, 0.25) is 0 Å². The summed E-state index contributed by atoms with van der Waals surface area (Å²) in [5.41, 5.74) is 8.49. The Kier molecular flexibility index (Phi) is 4.08. The van der Waals surface area contributed by atoms with Gasteiger partial charge in [0.25, 0.3) is 5.91 Å².